The minimum absolute atomic E-state index is 0.267. The number of nitrogens with two attached hydrogens (primary N) is 1. The van der Waals surface area contributed by atoms with Gasteiger partial charge in [-0.15, -0.1) is 0 Å². The zero-order valence-electron chi connectivity index (χ0n) is 11.2. The first-order valence-electron chi connectivity index (χ1n) is 6.04. The van der Waals surface area contributed by atoms with Gasteiger partial charge in [-0.25, -0.2) is 4.98 Å². The molecule has 2 N–H and O–H groups in total. The van der Waals surface area contributed by atoms with Crippen molar-refractivity contribution < 1.29 is 4.74 Å². The number of pyridine rings is 1. The summed E-state index contributed by atoms with van der Waals surface area (Å²) in [6.07, 6.45) is 0.267. The lowest BCUT2D eigenvalue weighted by molar-refractivity contribution is 0.0845. The van der Waals surface area contributed by atoms with Gasteiger partial charge in [-0.2, -0.15) is 0 Å². The fourth-order valence-corrected chi connectivity index (χ4v) is 1.59. The maximum atomic E-state index is 5.72. The van der Waals surface area contributed by atoms with E-state index in [0.717, 1.165) is 23.6 Å². The number of anilines is 1. The Bertz CT molecular complexity index is 353. The molecule has 96 valence electrons. The van der Waals surface area contributed by atoms with Gasteiger partial charge in [-0.05, 0) is 26.8 Å². The molecule has 0 aromatic carbocycles. The SMILES string of the molecule is Cc1ccc(CN)c(N(C)CCOC(C)C)n1. The summed E-state index contributed by atoms with van der Waals surface area (Å²) in [5.74, 6) is 0.958. The first-order chi connectivity index (χ1) is 8.04. The monoisotopic (exact) mass is 237 g/mol. The van der Waals surface area contributed by atoms with Gasteiger partial charge < -0.3 is 15.4 Å². The highest BCUT2D eigenvalue weighted by atomic mass is 16.5. The molecule has 17 heavy (non-hydrogen) atoms. The Morgan fingerprint density at radius 2 is 2.12 bits per heavy atom. The van der Waals surface area contributed by atoms with Crippen LogP contribution < -0.4 is 10.6 Å². The van der Waals surface area contributed by atoms with Gasteiger partial charge in [0.2, 0.25) is 0 Å². The molecule has 1 heterocycles. The van der Waals surface area contributed by atoms with Crippen LogP contribution in [0.1, 0.15) is 25.1 Å². The summed E-state index contributed by atoms with van der Waals surface area (Å²) in [6.45, 7) is 8.10. The number of aromatic nitrogens is 1. The van der Waals surface area contributed by atoms with Crippen molar-refractivity contribution >= 4 is 5.82 Å². The maximum absolute atomic E-state index is 5.72. The number of hydrogen-bond acceptors (Lipinski definition) is 4. The number of aryl methyl sites for hydroxylation is 1. The van der Waals surface area contributed by atoms with E-state index in [-0.39, 0.29) is 6.10 Å². The minimum Gasteiger partial charge on any atom is -0.377 e. The molecule has 4 nitrogen and oxygen atoms in total. The van der Waals surface area contributed by atoms with Crippen LogP contribution in [-0.2, 0) is 11.3 Å². The predicted molar refractivity (Wildman–Crippen MR) is 71.2 cm³/mol. The highest BCUT2D eigenvalue weighted by Crippen LogP contribution is 2.16. The molecular formula is C13H23N3O. The minimum atomic E-state index is 0.267. The zero-order valence-corrected chi connectivity index (χ0v) is 11.2. The number of nitrogens with zero attached hydrogens (tertiary/aromatic N) is 2. The van der Waals surface area contributed by atoms with Gasteiger partial charge in [0.1, 0.15) is 5.82 Å². The highest BCUT2D eigenvalue weighted by Gasteiger charge is 2.08. The van der Waals surface area contributed by atoms with E-state index in [9.17, 15) is 0 Å². The highest BCUT2D eigenvalue weighted by molar-refractivity contribution is 5.47. The van der Waals surface area contributed by atoms with E-state index in [1.54, 1.807) is 0 Å². The van der Waals surface area contributed by atoms with Crippen molar-refractivity contribution in [2.75, 3.05) is 25.1 Å². The second-order valence-electron chi connectivity index (χ2n) is 4.48. The molecule has 0 spiro atoms. The lowest BCUT2D eigenvalue weighted by Crippen LogP contribution is -2.26. The van der Waals surface area contributed by atoms with Crippen molar-refractivity contribution in [3.05, 3.63) is 23.4 Å². The maximum Gasteiger partial charge on any atom is 0.133 e. The first kappa shape index (κ1) is 13.9. The fraction of sp³-hybridized carbons (Fsp3) is 0.615. The number of likely N-dealkylation sites (N-methyl/N-ethyl adjacent to an activating group) is 1. The summed E-state index contributed by atoms with van der Waals surface area (Å²) < 4.78 is 5.54. The molecule has 0 radical (unpaired) electrons. The van der Waals surface area contributed by atoms with E-state index >= 15 is 0 Å². The van der Waals surface area contributed by atoms with E-state index in [1.165, 1.54) is 0 Å². The standard InChI is InChI=1S/C13H23N3O/c1-10(2)17-8-7-16(4)13-12(9-14)6-5-11(3)15-13/h5-6,10H,7-9,14H2,1-4H3. The molecule has 0 aliphatic rings. The summed E-state index contributed by atoms with van der Waals surface area (Å²) in [4.78, 5) is 6.63. The van der Waals surface area contributed by atoms with Crippen LogP contribution in [0.25, 0.3) is 0 Å². The Morgan fingerprint density at radius 1 is 1.41 bits per heavy atom. The molecule has 0 saturated carbocycles. The van der Waals surface area contributed by atoms with Crippen LogP contribution in [0.2, 0.25) is 0 Å². The van der Waals surface area contributed by atoms with Gasteiger partial charge in [0.05, 0.1) is 12.7 Å². The molecule has 4 heteroatoms. The topological polar surface area (TPSA) is 51.4 Å². The van der Waals surface area contributed by atoms with E-state index in [2.05, 4.69) is 9.88 Å². The third kappa shape index (κ3) is 4.32. The van der Waals surface area contributed by atoms with Gasteiger partial charge in [0.15, 0.2) is 0 Å². The Kier molecular flexibility index (Phi) is 5.38. The van der Waals surface area contributed by atoms with Gasteiger partial charge in [0, 0.05) is 31.4 Å². The first-order valence-corrected chi connectivity index (χ1v) is 6.04. The Hall–Kier alpha value is -1.13. The summed E-state index contributed by atoms with van der Waals surface area (Å²) in [7, 11) is 2.02. The fourth-order valence-electron chi connectivity index (χ4n) is 1.59. The molecule has 0 aliphatic carbocycles. The quantitative estimate of drug-likeness (QED) is 0.818. The Labute approximate surface area is 104 Å². The van der Waals surface area contributed by atoms with Gasteiger partial charge in [-0.1, -0.05) is 6.07 Å². The van der Waals surface area contributed by atoms with Crippen molar-refractivity contribution in [2.24, 2.45) is 5.73 Å². The molecule has 0 aliphatic heterocycles. The smallest absolute Gasteiger partial charge is 0.133 e. The van der Waals surface area contributed by atoms with E-state index in [4.69, 9.17) is 10.5 Å². The summed E-state index contributed by atoms with van der Waals surface area (Å²) >= 11 is 0. The van der Waals surface area contributed by atoms with Crippen LogP contribution in [-0.4, -0.2) is 31.3 Å². The van der Waals surface area contributed by atoms with Gasteiger partial charge >= 0.3 is 0 Å². The summed E-state index contributed by atoms with van der Waals surface area (Å²) in [6, 6.07) is 4.03. The van der Waals surface area contributed by atoms with Crippen molar-refractivity contribution in [1.82, 2.24) is 4.98 Å². The van der Waals surface area contributed by atoms with Crippen molar-refractivity contribution in [3.63, 3.8) is 0 Å². The molecule has 0 fully saturated rings. The predicted octanol–water partition coefficient (Wildman–Crippen LogP) is 1.71. The third-order valence-corrected chi connectivity index (χ3v) is 2.55. The van der Waals surface area contributed by atoms with E-state index < -0.39 is 0 Å². The Morgan fingerprint density at radius 3 is 2.71 bits per heavy atom. The number of hydrogen-bond donors (Lipinski definition) is 1. The van der Waals surface area contributed by atoms with Crippen molar-refractivity contribution in [3.8, 4) is 0 Å². The van der Waals surface area contributed by atoms with Gasteiger partial charge in [0.25, 0.3) is 0 Å². The molecule has 0 bridgehead atoms. The lowest BCUT2D eigenvalue weighted by atomic mass is 10.2. The van der Waals surface area contributed by atoms with Crippen LogP contribution in [0.15, 0.2) is 12.1 Å². The van der Waals surface area contributed by atoms with Crippen molar-refractivity contribution in [1.29, 1.82) is 0 Å². The molecular weight excluding hydrogens is 214 g/mol. The number of rotatable bonds is 6. The molecule has 1 aromatic heterocycles. The average Bonchev–Trinajstić information content (AvgIpc) is 2.28. The van der Waals surface area contributed by atoms with Crippen LogP contribution in [0.5, 0.6) is 0 Å². The van der Waals surface area contributed by atoms with E-state index in [1.807, 2.05) is 40.0 Å². The molecule has 0 saturated heterocycles. The van der Waals surface area contributed by atoms with Crippen molar-refractivity contribution in [2.45, 2.75) is 33.4 Å². The molecule has 0 unspecified atom stereocenters. The van der Waals surface area contributed by atoms with Crippen LogP contribution >= 0.6 is 0 Å². The second-order valence-corrected chi connectivity index (χ2v) is 4.48. The largest absolute Gasteiger partial charge is 0.377 e. The van der Waals surface area contributed by atoms with Crippen LogP contribution in [0.4, 0.5) is 5.82 Å². The molecule has 0 atom stereocenters. The lowest BCUT2D eigenvalue weighted by Gasteiger charge is -2.21. The van der Waals surface area contributed by atoms with Crippen LogP contribution in [0, 0.1) is 6.92 Å². The summed E-state index contributed by atoms with van der Waals surface area (Å²) in [5, 5.41) is 0. The van der Waals surface area contributed by atoms with Gasteiger partial charge in [-0.3, -0.25) is 0 Å². The third-order valence-electron chi connectivity index (χ3n) is 2.55. The molecule has 0 amide bonds. The van der Waals surface area contributed by atoms with E-state index in [0.29, 0.717) is 13.2 Å². The number of ether oxygens (including phenoxy) is 1. The summed E-state index contributed by atoms with van der Waals surface area (Å²) in [5.41, 5.74) is 7.80. The van der Waals surface area contributed by atoms with Crippen LogP contribution in [0.3, 0.4) is 0 Å². The average molecular weight is 237 g/mol. The Balaban J connectivity index is 2.66. The molecule has 1 rings (SSSR count). The molecule has 1 aromatic rings. The zero-order chi connectivity index (χ0) is 12.8. The normalized spacial score (nSPS) is 10.9. The second kappa shape index (κ2) is 6.57.